The molecule has 1 rings (SSSR count). The van der Waals surface area contributed by atoms with Crippen LogP contribution in [-0.4, -0.2) is 38.1 Å². The van der Waals surface area contributed by atoms with Crippen molar-refractivity contribution in [2.24, 2.45) is 0 Å². The SMILES string of the molecule is CS(=O)(=O)CCCOc1ccc(C(=O)O)cc1N. The van der Waals surface area contributed by atoms with Gasteiger partial charge in [-0.25, -0.2) is 13.2 Å². The van der Waals surface area contributed by atoms with Crippen molar-refractivity contribution < 1.29 is 23.1 Å². The molecule has 0 heterocycles. The van der Waals surface area contributed by atoms with Crippen LogP contribution in [0.3, 0.4) is 0 Å². The first-order valence-corrected chi connectivity index (χ1v) is 7.29. The van der Waals surface area contributed by atoms with Gasteiger partial charge >= 0.3 is 5.97 Å². The summed E-state index contributed by atoms with van der Waals surface area (Å²) in [6.45, 7) is 0.212. The predicted octanol–water partition coefficient (Wildman–Crippen LogP) is 0.780. The van der Waals surface area contributed by atoms with Gasteiger partial charge in [-0.1, -0.05) is 0 Å². The van der Waals surface area contributed by atoms with Crippen molar-refractivity contribution >= 4 is 21.5 Å². The lowest BCUT2D eigenvalue weighted by molar-refractivity contribution is 0.0697. The third-order valence-corrected chi connectivity index (χ3v) is 3.20. The molecule has 7 heteroatoms. The summed E-state index contributed by atoms with van der Waals surface area (Å²) >= 11 is 0. The van der Waals surface area contributed by atoms with Gasteiger partial charge in [-0.05, 0) is 24.6 Å². The number of rotatable bonds is 6. The van der Waals surface area contributed by atoms with Crippen LogP contribution in [0.15, 0.2) is 18.2 Å². The van der Waals surface area contributed by atoms with E-state index in [1.807, 2.05) is 0 Å². The molecule has 0 aliphatic heterocycles. The Hall–Kier alpha value is -1.76. The maximum atomic E-state index is 10.9. The van der Waals surface area contributed by atoms with E-state index in [9.17, 15) is 13.2 Å². The number of aromatic carboxylic acids is 1. The molecule has 0 fully saturated rings. The fraction of sp³-hybridized carbons (Fsp3) is 0.364. The number of ether oxygens (including phenoxy) is 1. The first-order chi connectivity index (χ1) is 8.29. The van der Waals surface area contributed by atoms with Gasteiger partial charge in [-0.2, -0.15) is 0 Å². The molecule has 0 saturated heterocycles. The average molecular weight is 273 g/mol. The van der Waals surface area contributed by atoms with E-state index in [4.69, 9.17) is 15.6 Å². The van der Waals surface area contributed by atoms with Crippen LogP contribution in [0, 0.1) is 0 Å². The Morgan fingerprint density at radius 3 is 2.61 bits per heavy atom. The molecule has 0 aromatic heterocycles. The van der Waals surface area contributed by atoms with Gasteiger partial charge in [0, 0.05) is 6.26 Å². The molecule has 0 spiro atoms. The zero-order chi connectivity index (χ0) is 13.8. The summed E-state index contributed by atoms with van der Waals surface area (Å²) in [5.41, 5.74) is 5.92. The number of carboxylic acid groups (broad SMARTS) is 1. The van der Waals surface area contributed by atoms with Crippen molar-refractivity contribution in [2.45, 2.75) is 6.42 Å². The second kappa shape index (κ2) is 5.72. The minimum Gasteiger partial charge on any atom is -0.491 e. The van der Waals surface area contributed by atoms with Crippen LogP contribution in [0.4, 0.5) is 5.69 Å². The van der Waals surface area contributed by atoms with Crippen molar-refractivity contribution in [1.82, 2.24) is 0 Å². The lowest BCUT2D eigenvalue weighted by Gasteiger charge is -2.09. The highest BCUT2D eigenvalue weighted by Gasteiger charge is 2.07. The highest BCUT2D eigenvalue weighted by Crippen LogP contribution is 2.22. The van der Waals surface area contributed by atoms with Crippen LogP contribution in [0.5, 0.6) is 5.75 Å². The quantitative estimate of drug-likeness (QED) is 0.586. The Balaban J connectivity index is 2.56. The number of carboxylic acids is 1. The Bertz CT molecular complexity index is 538. The Kier molecular flexibility index (Phi) is 4.55. The molecule has 0 aliphatic rings. The van der Waals surface area contributed by atoms with Gasteiger partial charge in [-0.3, -0.25) is 0 Å². The highest BCUT2D eigenvalue weighted by atomic mass is 32.2. The third kappa shape index (κ3) is 4.62. The second-order valence-electron chi connectivity index (χ2n) is 3.89. The Labute approximate surface area is 105 Å². The number of hydrogen-bond acceptors (Lipinski definition) is 5. The molecule has 0 radical (unpaired) electrons. The monoisotopic (exact) mass is 273 g/mol. The number of nitrogen functional groups attached to an aromatic ring is 1. The topological polar surface area (TPSA) is 107 Å². The number of benzene rings is 1. The van der Waals surface area contributed by atoms with Crippen LogP contribution in [-0.2, 0) is 9.84 Å². The lowest BCUT2D eigenvalue weighted by atomic mass is 10.2. The van der Waals surface area contributed by atoms with E-state index in [-0.39, 0.29) is 23.6 Å². The van der Waals surface area contributed by atoms with Gasteiger partial charge in [0.15, 0.2) is 0 Å². The van der Waals surface area contributed by atoms with Gasteiger partial charge in [-0.15, -0.1) is 0 Å². The molecule has 1 aromatic rings. The molecular formula is C11H15NO5S. The molecule has 1 aromatic carbocycles. The summed E-state index contributed by atoms with van der Waals surface area (Å²) < 4.78 is 27.1. The summed E-state index contributed by atoms with van der Waals surface area (Å²) in [6, 6.07) is 4.14. The smallest absolute Gasteiger partial charge is 0.335 e. The van der Waals surface area contributed by atoms with Crippen molar-refractivity contribution in [1.29, 1.82) is 0 Å². The zero-order valence-electron chi connectivity index (χ0n) is 9.92. The normalized spacial score (nSPS) is 11.2. The summed E-state index contributed by atoms with van der Waals surface area (Å²) in [5, 5.41) is 8.74. The minimum atomic E-state index is -3.00. The van der Waals surface area contributed by atoms with Gasteiger partial charge in [0.2, 0.25) is 0 Å². The van der Waals surface area contributed by atoms with E-state index < -0.39 is 15.8 Å². The number of sulfone groups is 1. The predicted molar refractivity (Wildman–Crippen MR) is 67.6 cm³/mol. The largest absolute Gasteiger partial charge is 0.491 e. The van der Waals surface area contributed by atoms with Crippen molar-refractivity contribution in [3.63, 3.8) is 0 Å². The van der Waals surface area contributed by atoms with E-state index in [1.165, 1.54) is 18.2 Å². The summed E-state index contributed by atoms with van der Waals surface area (Å²) in [6.07, 6.45) is 1.52. The van der Waals surface area contributed by atoms with Gasteiger partial charge in [0.1, 0.15) is 15.6 Å². The summed E-state index contributed by atoms with van der Waals surface area (Å²) in [5.74, 6) is -0.668. The van der Waals surface area contributed by atoms with E-state index in [2.05, 4.69) is 0 Å². The lowest BCUT2D eigenvalue weighted by Crippen LogP contribution is -2.09. The molecule has 3 N–H and O–H groups in total. The van der Waals surface area contributed by atoms with Gasteiger partial charge in [0.25, 0.3) is 0 Å². The maximum absolute atomic E-state index is 10.9. The van der Waals surface area contributed by atoms with E-state index in [0.717, 1.165) is 6.26 Å². The van der Waals surface area contributed by atoms with Crippen LogP contribution in [0.25, 0.3) is 0 Å². The summed E-state index contributed by atoms with van der Waals surface area (Å²) in [4.78, 5) is 10.7. The first-order valence-electron chi connectivity index (χ1n) is 5.23. The molecule has 0 bridgehead atoms. The molecule has 0 unspecified atom stereocenters. The molecule has 6 nitrogen and oxygen atoms in total. The van der Waals surface area contributed by atoms with Crippen LogP contribution < -0.4 is 10.5 Å². The van der Waals surface area contributed by atoms with Gasteiger partial charge in [0.05, 0.1) is 23.6 Å². The van der Waals surface area contributed by atoms with Crippen LogP contribution in [0.1, 0.15) is 16.8 Å². The first kappa shape index (κ1) is 14.3. The van der Waals surface area contributed by atoms with Crippen LogP contribution in [0.2, 0.25) is 0 Å². The second-order valence-corrected chi connectivity index (χ2v) is 6.15. The maximum Gasteiger partial charge on any atom is 0.335 e. The molecular weight excluding hydrogens is 258 g/mol. The van der Waals surface area contributed by atoms with E-state index >= 15 is 0 Å². The van der Waals surface area contributed by atoms with Crippen molar-refractivity contribution in [3.8, 4) is 5.75 Å². The molecule has 0 atom stereocenters. The molecule has 18 heavy (non-hydrogen) atoms. The number of anilines is 1. The number of carbonyl (C=O) groups is 1. The van der Waals surface area contributed by atoms with Crippen LogP contribution >= 0.6 is 0 Å². The summed E-state index contributed by atoms with van der Waals surface area (Å²) in [7, 11) is -3.00. The standard InChI is InChI=1S/C11H15NO5S/c1-18(15,16)6-2-5-17-10-4-3-8(11(13)14)7-9(10)12/h3-4,7H,2,5-6,12H2,1H3,(H,13,14). The van der Waals surface area contributed by atoms with Gasteiger partial charge < -0.3 is 15.6 Å². The van der Waals surface area contributed by atoms with E-state index in [1.54, 1.807) is 0 Å². The van der Waals surface area contributed by atoms with Crippen molar-refractivity contribution in [2.75, 3.05) is 24.3 Å². The number of hydrogen-bond donors (Lipinski definition) is 2. The average Bonchev–Trinajstić information content (AvgIpc) is 2.24. The molecule has 0 saturated carbocycles. The minimum absolute atomic E-state index is 0.0418. The van der Waals surface area contributed by atoms with Crippen molar-refractivity contribution in [3.05, 3.63) is 23.8 Å². The van der Waals surface area contributed by atoms with E-state index in [0.29, 0.717) is 12.2 Å². The molecule has 100 valence electrons. The Morgan fingerprint density at radius 1 is 1.44 bits per heavy atom. The highest BCUT2D eigenvalue weighted by molar-refractivity contribution is 7.90. The molecule has 0 aliphatic carbocycles. The zero-order valence-corrected chi connectivity index (χ0v) is 10.7. The third-order valence-electron chi connectivity index (χ3n) is 2.17. The molecule has 0 amide bonds. The fourth-order valence-electron chi connectivity index (χ4n) is 1.32. The number of nitrogens with two attached hydrogens (primary N) is 1. The fourth-order valence-corrected chi connectivity index (χ4v) is 1.96. The Morgan fingerprint density at radius 2 is 2.11 bits per heavy atom.